The zero-order valence-electron chi connectivity index (χ0n) is 21.8. The molecule has 3 rings (SSSR count). The number of benzene rings is 1. The second-order valence-electron chi connectivity index (χ2n) is 8.86. The summed E-state index contributed by atoms with van der Waals surface area (Å²) in [6.45, 7) is 5.90. The summed E-state index contributed by atoms with van der Waals surface area (Å²) in [6, 6.07) is 4.69. The van der Waals surface area contributed by atoms with Gasteiger partial charge in [0.05, 0.1) is 29.0 Å². The number of aromatic nitrogens is 1. The molecule has 1 aliphatic heterocycles. The monoisotopic (exact) mass is 567 g/mol. The molecule has 1 saturated heterocycles. The molecule has 11 nitrogen and oxygen atoms in total. The highest BCUT2D eigenvalue weighted by Gasteiger charge is 2.29. The van der Waals surface area contributed by atoms with Gasteiger partial charge in [-0.1, -0.05) is 18.3 Å². The largest absolute Gasteiger partial charge is 0.465 e. The number of esters is 2. The minimum atomic E-state index is -4.07. The van der Waals surface area contributed by atoms with E-state index < -0.39 is 45.1 Å². The molecule has 38 heavy (non-hydrogen) atoms. The zero-order valence-corrected chi connectivity index (χ0v) is 23.4. The van der Waals surface area contributed by atoms with Crippen molar-refractivity contribution < 1.29 is 37.1 Å². The molecule has 1 aromatic heterocycles. The van der Waals surface area contributed by atoms with E-state index in [1.165, 1.54) is 10.6 Å². The van der Waals surface area contributed by atoms with Gasteiger partial charge in [0, 0.05) is 12.6 Å². The molecule has 13 heteroatoms. The maximum Gasteiger partial charge on any atom is 0.338 e. The summed E-state index contributed by atoms with van der Waals surface area (Å²) < 4.78 is 37.5. The van der Waals surface area contributed by atoms with Crippen molar-refractivity contribution in [1.82, 2.24) is 9.47 Å². The molecular formula is C25H33N3O8S2. The van der Waals surface area contributed by atoms with Crippen molar-refractivity contribution in [3.05, 3.63) is 28.6 Å². The Bertz CT molecular complexity index is 1380. The molecule has 0 spiro atoms. The number of piperidine rings is 1. The van der Waals surface area contributed by atoms with Gasteiger partial charge in [-0.25, -0.2) is 13.2 Å². The van der Waals surface area contributed by atoms with Crippen LogP contribution in [0.1, 0.15) is 56.8 Å². The van der Waals surface area contributed by atoms with Crippen molar-refractivity contribution in [1.29, 1.82) is 0 Å². The van der Waals surface area contributed by atoms with Crippen LogP contribution in [0.25, 0.3) is 10.2 Å². The molecular weight excluding hydrogens is 534 g/mol. The third kappa shape index (κ3) is 7.50. The highest BCUT2D eigenvalue weighted by Crippen LogP contribution is 2.21. The molecule has 1 aliphatic rings. The number of likely N-dealkylation sites (tertiary alicyclic amines) is 1. The van der Waals surface area contributed by atoms with Crippen LogP contribution in [0.2, 0.25) is 0 Å². The summed E-state index contributed by atoms with van der Waals surface area (Å²) in [6.07, 6.45) is 3.39. The lowest BCUT2D eigenvalue weighted by Crippen LogP contribution is -2.46. The van der Waals surface area contributed by atoms with Crippen LogP contribution >= 0.6 is 11.3 Å². The first-order chi connectivity index (χ1) is 18.1. The Labute approximate surface area is 225 Å². The summed E-state index contributed by atoms with van der Waals surface area (Å²) in [5, 5.41) is 0. The van der Waals surface area contributed by atoms with E-state index in [-0.39, 0.29) is 36.2 Å². The summed E-state index contributed by atoms with van der Waals surface area (Å²) in [5.41, 5.74) is 0.794. The van der Waals surface area contributed by atoms with Gasteiger partial charge in [0.15, 0.2) is 14.6 Å². The first-order valence-corrected chi connectivity index (χ1v) is 15.3. The fraction of sp³-hybridized carbons (Fsp3) is 0.560. The lowest BCUT2D eigenvalue weighted by molar-refractivity contribution is -0.143. The number of nitrogens with zero attached hydrogens (tertiary/aromatic N) is 3. The predicted octanol–water partition coefficient (Wildman–Crippen LogP) is 2.08. The van der Waals surface area contributed by atoms with E-state index in [4.69, 9.17) is 9.47 Å². The molecule has 2 aromatic rings. The van der Waals surface area contributed by atoms with Crippen LogP contribution in [0.5, 0.6) is 0 Å². The minimum absolute atomic E-state index is 0.00622. The number of fused-ring (bicyclic) bond motifs is 1. The summed E-state index contributed by atoms with van der Waals surface area (Å²) >= 11 is 1.02. The molecule has 0 bridgehead atoms. The number of hydrogen-bond acceptors (Lipinski definition) is 9. The van der Waals surface area contributed by atoms with Crippen molar-refractivity contribution in [2.75, 3.05) is 31.3 Å². The number of rotatable bonds is 10. The number of carbonyl (C=O) groups excluding carboxylic acids is 4. The van der Waals surface area contributed by atoms with E-state index in [9.17, 15) is 27.6 Å². The van der Waals surface area contributed by atoms with E-state index in [1.54, 1.807) is 30.9 Å². The molecule has 0 aliphatic carbocycles. The summed E-state index contributed by atoms with van der Waals surface area (Å²) in [5.74, 6) is -4.26. The molecule has 0 radical (unpaired) electrons. The first-order valence-electron chi connectivity index (χ1n) is 12.6. The normalized spacial score (nSPS) is 16.4. The predicted molar refractivity (Wildman–Crippen MR) is 141 cm³/mol. The number of thiazole rings is 1. The molecule has 2 amide bonds. The Morgan fingerprint density at radius 2 is 1.79 bits per heavy atom. The summed E-state index contributed by atoms with van der Waals surface area (Å²) in [4.78, 5) is 55.5. The SMILES string of the molecule is CCOC(=O)Cn1c(=NC(=O)CS(=O)(=O)CC(=O)N2CCCCC2CC)sc2cc(C(=O)OCC)ccc21. The highest BCUT2D eigenvalue weighted by atomic mass is 32.2. The van der Waals surface area contributed by atoms with Gasteiger partial charge in [0.2, 0.25) is 5.91 Å². The number of ether oxygens (including phenoxy) is 2. The van der Waals surface area contributed by atoms with Crippen molar-refractivity contribution in [2.24, 2.45) is 4.99 Å². The Kier molecular flexibility index (Phi) is 10.2. The van der Waals surface area contributed by atoms with Crippen molar-refractivity contribution >= 4 is 55.1 Å². The van der Waals surface area contributed by atoms with E-state index in [2.05, 4.69) is 4.99 Å². The number of amides is 2. The number of carbonyl (C=O) groups is 4. The molecule has 1 unspecified atom stereocenters. The Balaban J connectivity index is 1.88. The lowest BCUT2D eigenvalue weighted by Gasteiger charge is -2.35. The molecule has 1 aromatic carbocycles. The smallest absolute Gasteiger partial charge is 0.338 e. The Morgan fingerprint density at radius 1 is 1.05 bits per heavy atom. The average Bonchev–Trinajstić information content (AvgIpc) is 3.19. The van der Waals surface area contributed by atoms with E-state index in [0.29, 0.717) is 16.8 Å². The third-order valence-corrected chi connectivity index (χ3v) is 8.53. The van der Waals surface area contributed by atoms with E-state index >= 15 is 0 Å². The van der Waals surface area contributed by atoms with Crippen LogP contribution in [0, 0.1) is 0 Å². The van der Waals surface area contributed by atoms with Gasteiger partial charge in [-0.05, 0) is 57.7 Å². The van der Waals surface area contributed by atoms with Crippen LogP contribution in [-0.4, -0.2) is 78.9 Å². The molecule has 2 heterocycles. The quantitative estimate of drug-likeness (QED) is 0.397. The number of sulfone groups is 1. The van der Waals surface area contributed by atoms with E-state index in [1.807, 2.05) is 6.92 Å². The van der Waals surface area contributed by atoms with Crippen LogP contribution in [0.15, 0.2) is 23.2 Å². The topological polar surface area (TPSA) is 141 Å². The van der Waals surface area contributed by atoms with Crippen molar-refractivity contribution in [2.45, 2.75) is 59.0 Å². The van der Waals surface area contributed by atoms with Crippen LogP contribution in [-0.2, 0) is 40.2 Å². The summed E-state index contributed by atoms with van der Waals surface area (Å²) in [7, 11) is -4.07. The van der Waals surface area contributed by atoms with Crippen molar-refractivity contribution in [3.8, 4) is 0 Å². The molecule has 1 atom stereocenters. The molecule has 1 fully saturated rings. The average molecular weight is 568 g/mol. The van der Waals surface area contributed by atoms with Crippen LogP contribution < -0.4 is 4.80 Å². The fourth-order valence-corrected chi connectivity index (χ4v) is 6.56. The molecule has 0 N–H and O–H groups in total. The van der Waals surface area contributed by atoms with Gasteiger partial charge in [0.1, 0.15) is 18.1 Å². The van der Waals surface area contributed by atoms with Gasteiger partial charge >= 0.3 is 11.9 Å². The second-order valence-corrected chi connectivity index (χ2v) is 11.9. The second kappa shape index (κ2) is 13.1. The lowest BCUT2D eigenvalue weighted by atomic mass is 10.0. The van der Waals surface area contributed by atoms with Gasteiger partial charge in [-0.15, -0.1) is 0 Å². The zero-order chi connectivity index (χ0) is 27.9. The maximum absolute atomic E-state index is 12.7. The third-order valence-electron chi connectivity index (χ3n) is 6.11. The fourth-order valence-electron chi connectivity index (χ4n) is 4.39. The Hall–Kier alpha value is -3.06. The maximum atomic E-state index is 12.7. The van der Waals surface area contributed by atoms with Gasteiger partial charge in [-0.3, -0.25) is 14.4 Å². The van der Waals surface area contributed by atoms with Crippen molar-refractivity contribution in [3.63, 3.8) is 0 Å². The number of hydrogen-bond donors (Lipinski definition) is 0. The van der Waals surface area contributed by atoms with Gasteiger partial charge in [0.25, 0.3) is 5.91 Å². The standard InChI is InChI=1S/C25H33N3O8S2/c1-4-18-9-7-8-12-27(18)22(30)16-38(33,34)15-21(29)26-25-28(14-23(31)35-5-2)19-11-10-17(13-20(19)37-25)24(32)36-6-3/h10-11,13,18H,4-9,12,14-16H2,1-3H3. The molecule has 0 saturated carbocycles. The highest BCUT2D eigenvalue weighted by molar-refractivity contribution is 7.92. The first kappa shape index (κ1) is 29.5. The molecule has 208 valence electrons. The van der Waals surface area contributed by atoms with Crippen LogP contribution in [0.4, 0.5) is 0 Å². The van der Waals surface area contributed by atoms with Gasteiger partial charge < -0.3 is 18.9 Å². The van der Waals surface area contributed by atoms with E-state index in [0.717, 1.165) is 37.0 Å². The minimum Gasteiger partial charge on any atom is -0.465 e. The van der Waals surface area contributed by atoms with Crippen LogP contribution in [0.3, 0.4) is 0 Å². The Morgan fingerprint density at radius 3 is 2.47 bits per heavy atom. The van der Waals surface area contributed by atoms with Gasteiger partial charge in [-0.2, -0.15) is 4.99 Å².